The first kappa shape index (κ1) is 15.3. The Hall–Kier alpha value is -3.22. The van der Waals surface area contributed by atoms with Crippen LogP contribution >= 0.6 is 0 Å². The van der Waals surface area contributed by atoms with E-state index in [1.165, 1.54) is 0 Å². The first-order valence-electron chi connectivity index (χ1n) is 8.06. The van der Waals surface area contributed by atoms with Crippen molar-refractivity contribution in [3.63, 3.8) is 0 Å². The van der Waals surface area contributed by atoms with Gasteiger partial charge in [0.15, 0.2) is 11.5 Å². The summed E-state index contributed by atoms with van der Waals surface area (Å²) in [4.78, 5) is 24.0. The van der Waals surface area contributed by atoms with Crippen molar-refractivity contribution in [3.05, 3.63) is 48.0 Å². The van der Waals surface area contributed by atoms with Crippen molar-refractivity contribution in [1.82, 2.24) is 5.32 Å². The van der Waals surface area contributed by atoms with E-state index in [0.717, 1.165) is 12.8 Å². The van der Waals surface area contributed by atoms with Gasteiger partial charge < -0.3 is 25.4 Å². The fraction of sp³-hybridized carbons (Fsp3) is 0.222. The predicted octanol–water partition coefficient (Wildman–Crippen LogP) is 2.95. The molecule has 7 heteroatoms. The second-order valence-corrected chi connectivity index (χ2v) is 5.97. The normalized spacial score (nSPS) is 14.7. The molecule has 0 radical (unpaired) electrons. The zero-order chi connectivity index (χ0) is 17.2. The largest absolute Gasteiger partial charge is 0.454 e. The summed E-state index contributed by atoms with van der Waals surface area (Å²) in [6.45, 7) is 0.186. The summed E-state index contributed by atoms with van der Waals surface area (Å²) in [5.74, 6) is 1.17. The lowest BCUT2D eigenvalue weighted by Crippen LogP contribution is -2.25. The molecule has 2 aromatic rings. The fourth-order valence-corrected chi connectivity index (χ4v) is 2.47. The van der Waals surface area contributed by atoms with Crippen molar-refractivity contribution < 1.29 is 19.1 Å². The van der Waals surface area contributed by atoms with Crippen LogP contribution in [0.25, 0.3) is 0 Å². The molecule has 0 aromatic heterocycles. The molecule has 1 fully saturated rings. The monoisotopic (exact) mass is 339 g/mol. The van der Waals surface area contributed by atoms with Gasteiger partial charge in [-0.05, 0) is 49.2 Å². The predicted molar refractivity (Wildman–Crippen MR) is 92.1 cm³/mol. The molecule has 2 aromatic carbocycles. The number of nitrogens with one attached hydrogen (secondary N) is 3. The van der Waals surface area contributed by atoms with Crippen LogP contribution in [0.1, 0.15) is 23.2 Å². The van der Waals surface area contributed by atoms with Crippen LogP contribution in [-0.2, 0) is 0 Å². The highest BCUT2D eigenvalue weighted by Gasteiger charge is 2.23. The molecule has 2 aliphatic rings. The van der Waals surface area contributed by atoms with E-state index >= 15 is 0 Å². The zero-order valence-corrected chi connectivity index (χ0v) is 13.4. The molecule has 1 saturated carbocycles. The van der Waals surface area contributed by atoms with Gasteiger partial charge in [0.25, 0.3) is 5.91 Å². The molecular formula is C18H17N3O4. The Labute approximate surface area is 144 Å². The molecule has 128 valence electrons. The molecule has 0 unspecified atom stereocenters. The number of hydrogen-bond donors (Lipinski definition) is 3. The number of hydrogen-bond acceptors (Lipinski definition) is 4. The van der Waals surface area contributed by atoms with E-state index < -0.39 is 0 Å². The van der Waals surface area contributed by atoms with E-state index in [4.69, 9.17) is 9.47 Å². The maximum atomic E-state index is 12.1. The minimum atomic E-state index is -0.381. The van der Waals surface area contributed by atoms with Crippen LogP contribution in [0.2, 0.25) is 0 Å². The molecule has 1 aliphatic heterocycles. The van der Waals surface area contributed by atoms with Gasteiger partial charge in [0.1, 0.15) is 0 Å². The van der Waals surface area contributed by atoms with Crippen molar-refractivity contribution in [3.8, 4) is 11.5 Å². The Morgan fingerprint density at radius 1 is 0.880 bits per heavy atom. The molecule has 0 saturated heterocycles. The number of amides is 3. The van der Waals surface area contributed by atoms with Crippen LogP contribution in [0, 0.1) is 0 Å². The van der Waals surface area contributed by atoms with E-state index in [2.05, 4.69) is 16.0 Å². The second-order valence-electron chi connectivity index (χ2n) is 5.97. The lowest BCUT2D eigenvalue weighted by atomic mass is 10.2. The molecule has 25 heavy (non-hydrogen) atoms. The van der Waals surface area contributed by atoms with E-state index in [-0.39, 0.29) is 18.7 Å². The molecule has 1 aliphatic carbocycles. The third-order valence-corrected chi connectivity index (χ3v) is 3.95. The fourth-order valence-electron chi connectivity index (χ4n) is 2.47. The Morgan fingerprint density at radius 3 is 2.32 bits per heavy atom. The highest BCUT2D eigenvalue weighted by Crippen LogP contribution is 2.34. The minimum Gasteiger partial charge on any atom is -0.454 e. The van der Waals surface area contributed by atoms with Gasteiger partial charge in [-0.15, -0.1) is 0 Å². The average molecular weight is 339 g/mol. The summed E-state index contributed by atoms with van der Waals surface area (Å²) >= 11 is 0. The first-order valence-corrected chi connectivity index (χ1v) is 8.06. The minimum absolute atomic E-state index is 0.0844. The third kappa shape index (κ3) is 3.65. The topological polar surface area (TPSA) is 88.7 Å². The van der Waals surface area contributed by atoms with Gasteiger partial charge >= 0.3 is 6.03 Å². The number of urea groups is 1. The van der Waals surface area contributed by atoms with Crippen molar-refractivity contribution >= 4 is 23.3 Å². The highest BCUT2D eigenvalue weighted by molar-refractivity contribution is 6.00. The van der Waals surface area contributed by atoms with Crippen LogP contribution in [-0.4, -0.2) is 24.8 Å². The van der Waals surface area contributed by atoms with Gasteiger partial charge in [-0.1, -0.05) is 0 Å². The number of carbonyl (C=O) groups is 2. The smallest absolute Gasteiger partial charge is 0.323 e. The van der Waals surface area contributed by atoms with Crippen LogP contribution in [0.5, 0.6) is 11.5 Å². The number of fused-ring (bicyclic) bond motifs is 1. The molecule has 3 amide bonds. The van der Waals surface area contributed by atoms with Gasteiger partial charge in [-0.3, -0.25) is 4.79 Å². The molecule has 7 nitrogen and oxygen atoms in total. The average Bonchev–Trinajstić information content (AvgIpc) is 3.29. The van der Waals surface area contributed by atoms with Crippen LogP contribution in [0.4, 0.5) is 16.2 Å². The van der Waals surface area contributed by atoms with Crippen LogP contribution < -0.4 is 25.4 Å². The van der Waals surface area contributed by atoms with Gasteiger partial charge in [-0.2, -0.15) is 0 Å². The van der Waals surface area contributed by atoms with Gasteiger partial charge in [-0.25, -0.2) is 4.79 Å². The summed E-state index contributed by atoms with van der Waals surface area (Å²) in [6, 6.07) is 11.9. The Balaban J connectivity index is 1.34. The van der Waals surface area contributed by atoms with Crippen molar-refractivity contribution in [2.45, 2.75) is 18.9 Å². The molecule has 3 N–H and O–H groups in total. The number of rotatable bonds is 4. The maximum Gasteiger partial charge on any atom is 0.323 e. The lowest BCUT2D eigenvalue weighted by molar-refractivity contribution is 0.0951. The van der Waals surface area contributed by atoms with Gasteiger partial charge in [0.05, 0.1) is 0 Å². The number of carbonyl (C=O) groups excluding carboxylic acids is 2. The lowest BCUT2D eigenvalue weighted by Gasteiger charge is -2.09. The molecule has 0 spiro atoms. The van der Waals surface area contributed by atoms with E-state index in [9.17, 15) is 9.59 Å². The molecule has 1 heterocycles. The van der Waals surface area contributed by atoms with E-state index in [0.29, 0.717) is 34.5 Å². The quantitative estimate of drug-likeness (QED) is 0.799. The van der Waals surface area contributed by atoms with E-state index in [1.54, 1.807) is 42.5 Å². The molecular weight excluding hydrogens is 322 g/mol. The Bertz CT molecular complexity index is 816. The summed E-state index contributed by atoms with van der Waals surface area (Å²) in [5, 5.41) is 8.37. The Kier molecular flexibility index (Phi) is 3.89. The zero-order valence-electron chi connectivity index (χ0n) is 13.4. The third-order valence-electron chi connectivity index (χ3n) is 3.95. The number of anilines is 2. The van der Waals surface area contributed by atoms with Crippen molar-refractivity contribution in [2.24, 2.45) is 0 Å². The van der Waals surface area contributed by atoms with Crippen LogP contribution in [0.15, 0.2) is 42.5 Å². The number of benzene rings is 2. The van der Waals surface area contributed by atoms with Gasteiger partial charge in [0.2, 0.25) is 6.79 Å². The van der Waals surface area contributed by atoms with Gasteiger partial charge in [0, 0.05) is 29.0 Å². The standard InChI is InChI=1S/C18H17N3O4/c22-17(19-12-5-6-12)11-1-3-13(4-2-11)20-18(23)21-14-7-8-15-16(9-14)25-10-24-15/h1-4,7-9,12H,5-6,10H2,(H,19,22)(H2,20,21,23). The SMILES string of the molecule is O=C(Nc1ccc(C(=O)NC2CC2)cc1)Nc1ccc2c(c1)OCO2. The highest BCUT2D eigenvalue weighted by atomic mass is 16.7. The molecule has 4 rings (SSSR count). The maximum absolute atomic E-state index is 12.1. The summed E-state index contributed by atoms with van der Waals surface area (Å²) in [5.41, 5.74) is 1.78. The molecule has 0 bridgehead atoms. The van der Waals surface area contributed by atoms with Crippen molar-refractivity contribution in [2.75, 3.05) is 17.4 Å². The second kappa shape index (κ2) is 6.35. The van der Waals surface area contributed by atoms with E-state index in [1.807, 2.05) is 0 Å². The van der Waals surface area contributed by atoms with Crippen molar-refractivity contribution in [1.29, 1.82) is 0 Å². The number of ether oxygens (including phenoxy) is 2. The van der Waals surface area contributed by atoms with Crippen LogP contribution in [0.3, 0.4) is 0 Å². The molecule has 0 atom stereocenters. The first-order chi connectivity index (χ1) is 12.2. The Morgan fingerprint density at radius 2 is 1.56 bits per heavy atom. The summed E-state index contributed by atoms with van der Waals surface area (Å²) in [6.07, 6.45) is 2.09. The summed E-state index contributed by atoms with van der Waals surface area (Å²) in [7, 11) is 0. The summed E-state index contributed by atoms with van der Waals surface area (Å²) < 4.78 is 10.5.